The summed E-state index contributed by atoms with van der Waals surface area (Å²) in [6.07, 6.45) is 0.478. The van der Waals surface area contributed by atoms with Crippen LogP contribution in [-0.4, -0.2) is 77.5 Å². The molecule has 4 atom stereocenters. The summed E-state index contributed by atoms with van der Waals surface area (Å²) in [5.74, 6) is -5.84. The molecule has 0 heterocycles. The number of nitrogen functional groups attached to an aromatic ring is 1. The lowest BCUT2D eigenvalue weighted by molar-refractivity contribution is -0.148. The first kappa shape index (κ1) is 22.8. The maximum atomic E-state index is 13.5. The highest BCUT2D eigenvalue weighted by atomic mass is 16.3. The Balaban J connectivity index is 1.97. The number of rotatable bonds is 3. The van der Waals surface area contributed by atoms with Gasteiger partial charge in [-0.25, -0.2) is 0 Å². The van der Waals surface area contributed by atoms with E-state index in [0.29, 0.717) is 17.7 Å². The van der Waals surface area contributed by atoms with Crippen molar-refractivity contribution in [3.05, 3.63) is 45.9 Å². The molecule has 0 saturated carbocycles. The van der Waals surface area contributed by atoms with E-state index in [1.165, 1.54) is 6.07 Å². The van der Waals surface area contributed by atoms with Crippen LogP contribution in [0.2, 0.25) is 0 Å². The predicted molar refractivity (Wildman–Crippen MR) is 121 cm³/mol. The van der Waals surface area contributed by atoms with Gasteiger partial charge in [0.2, 0.25) is 5.78 Å². The maximum absolute atomic E-state index is 13.5. The zero-order chi connectivity index (χ0) is 24.6. The van der Waals surface area contributed by atoms with Crippen molar-refractivity contribution in [2.75, 3.05) is 38.8 Å². The lowest BCUT2D eigenvalue weighted by Gasteiger charge is -2.50. The number of carbonyl (C=O) groups excluding carboxylic acids is 3. The van der Waals surface area contributed by atoms with Crippen LogP contribution < -0.4 is 16.4 Å². The molecule has 0 aromatic heterocycles. The Hall–Kier alpha value is -3.37. The lowest BCUT2D eigenvalue weighted by Crippen LogP contribution is -2.63. The minimum atomic E-state index is -2.57. The first-order valence-corrected chi connectivity index (χ1v) is 10.6. The second-order valence-electron chi connectivity index (χ2n) is 9.42. The number of primary amides is 1. The summed E-state index contributed by atoms with van der Waals surface area (Å²) in [5, 5.41) is 33.5. The van der Waals surface area contributed by atoms with E-state index in [2.05, 4.69) is 0 Å². The number of amides is 1. The van der Waals surface area contributed by atoms with Crippen molar-refractivity contribution in [1.82, 2.24) is 4.90 Å². The van der Waals surface area contributed by atoms with Crippen molar-refractivity contribution in [1.29, 1.82) is 0 Å². The summed E-state index contributed by atoms with van der Waals surface area (Å²) >= 11 is 0. The number of aliphatic hydroxyl groups excluding tert-OH is 2. The number of carbonyl (C=O) groups is 3. The molecular formula is C23H28N4O6. The molecule has 10 nitrogen and oxygen atoms in total. The van der Waals surface area contributed by atoms with Crippen molar-refractivity contribution in [2.24, 2.45) is 17.6 Å². The summed E-state index contributed by atoms with van der Waals surface area (Å²) in [4.78, 5) is 42.1. The van der Waals surface area contributed by atoms with Crippen LogP contribution in [-0.2, 0) is 16.0 Å². The molecule has 1 amide bonds. The molecular weight excluding hydrogens is 428 g/mol. The fraction of sp³-hybridized carbons (Fsp3) is 0.435. The van der Waals surface area contributed by atoms with Crippen molar-refractivity contribution in [3.8, 4) is 0 Å². The predicted octanol–water partition coefficient (Wildman–Crippen LogP) is 0.0632. The third kappa shape index (κ3) is 2.97. The van der Waals surface area contributed by atoms with Crippen molar-refractivity contribution in [2.45, 2.75) is 24.5 Å². The Kier molecular flexibility index (Phi) is 5.06. The van der Waals surface area contributed by atoms with Crippen molar-refractivity contribution in [3.63, 3.8) is 0 Å². The van der Waals surface area contributed by atoms with Crippen LogP contribution in [0.3, 0.4) is 0 Å². The first-order valence-electron chi connectivity index (χ1n) is 10.6. The Morgan fingerprint density at radius 2 is 1.79 bits per heavy atom. The average molecular weight is 456 g/mol. The molecule has 33 heavy (non-hydrogen) atoms. The van der Waals surface area contributed by atoms with E-state index in [0.717, 1.165) is 11.3 Å². The van der Waals surface area contributed by atoms with Crippen LogP contribution >= 0.6 is 0 Å². The number of Topliss-reactive ketones (excluding diaryl/α,β-unsaturated/α-hetero) is 2. The van der Waals surface area contributed by atoms with Crippen LogP contribution in [0.4, 0.5) is 11.4 Å². The monoisotopic (exact) mass is 456 g/mol. The molecule has 10 heteroatoms. The van der Waals surface area contributed by atoms with Crippen LogP contribution in [0.15, 0.2) is 34.8 Å². The molecule has 3 unspecified atom stereocenters. The number of aliphatic hydroxyl groups is 3. The summed E-state index contributed by atoms with van der Waals surface area (Å²) in [6.45, 7) is 0. The molecule has 4 rings (SSSR count). The van der Waals surface area contributed by atoms with Gasteiger partial charge in [0.15, 0.2) is 11.4 Å². The summed E-state index contributed by atoms with van der Waals surface area (Å²) in [7, 11) is 6.89. The van der Waals surface area contributed by atoms with Gasteiger partial charge in [-0.3, -0.25) is 19.3 Å². The van der Waals surface area contributed by atoms with Crippen LogP contribution in [0.1, 0.15) is 22.3 Å². The summed E-state index contributed by atoms with van der Waals surface area (Å²) in [6, 6.07) is 2.30. The van der Waals surface area contributed by atoms with E-state index < -0.39 is 58.0 Å². The molecule has 3 aliphatic carbocycles. The van der Waals surface area contributed by atoms with E-state index in [1.807, 2.05) is 19.0 Å². The number of fused-ring (bicyclic) bond motifs is 3. The molecule has 0 aliphatic heterocycles. The van der Waals surface area contributed by atoms with E-state index in [1.54, 1.807) is 25.1 Å². The quantitative estimate of drug-likeness (QED) is 0.312. The van der Waals surface area contributed by atoms with Gasteiger partial charge in [-0.05, 0) is 50.6 Å². The van der Waals surface area contributed by atoms with Crippen molar-refractivity contribution >= 4 is 28.8 Å². The Labute approximate surface area is 190 Å². The zero-order valence-corrected chi connectivity index (χ0v) is 18.9. The number of benzene rings is 1. The van der Waals surface area contributed by atoms with E-state index >= 15 is 0 Å². The Morgan fingerprint density at radius 3 is 2.33 bits per heavy atom. The Bertz CT molecular complexity index is 1170. The highest BCUT2D eigenvalue weighted by Gasteiger charge is 2.63. The fourth-order valence-electron chi connectivity index (χ4n) is 5.65. The molecule has 1 aromatic rings. The van der Waals surface area contributed by atoms with Crippen molar-refractivity contribution < 1.29 is 29.7 Å². The minimum absolute atomic E-state index is 0.0763. The molecule has 0 radical (unpaired) electrons. The molecule has 0 bridgehead atoms. The molecule has 7 N–H and O–H groups in total. The zero-order valence-electron chi connectivity index (χ0n) is 18.9. The lowest BCUT2D eigenvalue weighted by atomic mass is 9.58. The van der Waals surface area contributed by atoms with Gasteiger partial charge in [-0.1, -0.05) is 0 Å². The number of nitrogens with two attached hydrogens (primary N) is 2. The molecule has 3 aliphatic rings. The van der Waals surface area contributed by atoms with Gasteiger partial charge in [-0.2, -0.15) is 0 Å². The molecule has 0 saturated heterocycles. The normalized spacial score (nSPS) is 29.1. The van der Waals surface area contributed by atoms with Crippen LogP contribution in [0.5, 0.6) is 0 Å². The van der Waals surface area contributed by atoms with Gasteiger partial charge in [0.25, 0.3) is 5.91 Å². The van der Waals surface area contributed by atoms with E-state index in [-0.39, 0.29) is 12.0 Å². The third-order valence-corrected chi connectivity index (χ3v) is 7.06. The second kappa shape index (κ2) is 7.32. The Morgan fingerprint density at radius 1 is 1.15 bits per heavy atom. The molecule has 0 spiro atoms. The smallest absolute Gasteiger partial charge is 0.255 e. The van der Waals surface area contributed by atoms with Gasteiger partial charge >= 0.3 is 0 Å². The van der Waals surface area contributed by atoms with Gasteiger partial charge in [0.1, 0.15) is 17.1 Å². The first-order chi connectivity index (χ1) is 15.3. The number of allylic oxidation sites excluding steroid dienone is 1. The number of nitrogens with zero attached hydrogens (tertiary/aromatic N) is 2. The summed E-state index contributed by atoms with van der Waals surface area (Å²) < 4.78 is 0. The largest absolute Gasteiger partial charge is 0.510 e. The van der Waals surface area contributed by atoms with Gasteiger partial charge < -0.3 is 31.7 Å². The van der Waals surface area contributed by atoms with Gasteiger partial charge in [0.05, 0.1) is 6.04 Å². The molecule has 0 fully saturated rings. The highest BCUT2D eigenvalue weighted by Crippen LogP contribution is 2.52. The number of anilines is 2. The fourth-order valence-corrected chi connectivity index (χ4v) is 5.65. The second-order valence-corrected chi connectivity index (χ2v) is 9.42. The van der Waals surface area contributed by atoms with E-state index in [4.69, 9.17) is 11.5 Å². The number of likely N-dealkylation sites (N-methyl/N-ethyl adjacent to an activating group) is 1. The minimum Gasteiger partial charge on any atom is -0.510 e. The van der Waals surface area contributed by atoms with Gasteiger partial charge in [-0.15, -0.1) is 0 Å². The van der Waals surface area contributed by atoms with Gasteiger partial charge in [0, 0.05) is 42.5 Å². The SMILES string of the molecule is CN(C)c1cc(N)cc2c1CC1CC3C(N(C)C)C(O)=C(C(N)=O)C(=O)[C@@]3(O)C(O)=C1C2=O. The topological polar surface area (TPSA) is 170 Å². The molecule has 1 aromatic carbocycles. The number of hydrogen-bond acceptors (Lipinski definition) is 9. The summed E-state index contributed by atoms with van der Waals surface area (Å²) in [5.41, 5.74) is 10.1. The number of ketones is 2. The third-order valence-electron chi connectivity index (χ3n) is 7.06. The standard InChI is InChI=1S/C23H28N4O6/c1-26(2)14-8-10(24)7-12-11(14)5-9-6-13-17(27(3)4)19(29)16(22(25)32)21(31)23(13,33)20(30)15(9)18(12)28/h7-9,13,17,29-30,33H,5-6,24H2,1-4H3,(H2,25,32)/t9?,13?,17?,23-/m0/s1. The average Bonchev–Trinajstić information content (AvgIpc) is 2.70. The van der Waals surface area contributed by atoms with E-state index in [9.17, 15) is 29.7 Å². The number of hydrogen-bond donors (Lipinski definition) is 5. The highest BCUT2D eigenvalue weighted by molar-refractivity contribution is 6.24. The molecule has 176 valence electrons. The maximum Gasteiger partial charge on any atom is 0.255 e. The van der Waals surface area contributed by atoms with Crippen LogP contribution in [0, 0.1) is 11.8 Å². The van der Waals surface area contributed by atoms with Crippen LogP contribution in [0.25, 0.3) is 0 Å².